The van der Waals surface area contributed by atoms with Crippen molar-refractivity contribution in [3.05, 3.63) is 29.3 Å². The van der Waals surface area contributed by atoms with Crippen LogP contribution in [0.25, 0.3) is 11.5 Å². The maximum absolute atomic E-state index is 12.0. The Hall–Kier alpha value is -2.35. The number of amides is 3. The van der Waals surface area contributed by atoms with Gasteiger partial charge in [-0.2, -0.15) is 0 Å². The van der Waals surface area contributed by atoms with E-state index >= 15 is 0 Å². The number of benzene rings is 1. The summed E-state index contributed by atoms with van der Waals surface area (Å²) in [6, 6.07) is 5.60. The van der Waals surface area contributed by atoms with Crippen LogP contribution in [-0.4, -0.2) is 33.9 Å². The number of thioether (sulfide) groups is 1. The molecule has 0 unspecified atom stereocenters. The van der Waals surface area contributed by atoms with E-state index in [1.54, 1.807) is 0 Å². The normalized spacial score (nSPS) is 19.2. The fourth-order valence-electron chi connectivity index (χ4n) is 3.28. The van der Waals surface area contributed by atoms with E-state index in [9.17, 15) is 9.59 Å². The highest BCUT2D eigenvalue weighted by atomic mass is 32.2. The van der Waals surface area contributed by atoms with E-state index in [0.717, 1.165) is 42.2 Å². The highest BCUT2D eigenvalue weighted by Crippen LogP contribution is 2.25. The molecule has 8 heteroatoms. The number of carbonyl (C=O) groups is 2. The topological polar surface area (TPSA) is 97.1 Å². The lowest BCUT2D eigenvalue weighted by Gasteiger charge is -2.29. The molecule has 0 radical (unpaired) electrons. The summed E-state index contributed by atoms with van der Waals surface area (Å²) in [4.78, 5) is 24.0. The monoisotopic (exact) mass is 402 g/mol. The van der Waals surface area contributed by atoms with Crippen LogP contribution < -0.4 is 10.6 Å². The summed E-state index contributed by atoms with van der Waals surface area (Å²) in [5, 5.41) is 13.6. The summed E-state index contributed by atoms with van der Waals surface area (Å²) in [6.45, 7) is 6.19. The van der Waals surface area contributed by atoms with Crippen molar-refractivity contribution in [2.75, 3.05) is 5.75 Å². The van der Waals surface area contributed by atoms with Crippen LogP contribution in [0, 0.1) is 19.8 Å². The van der Waals surface area contributed by atoms with Crippen LogP contribution in [0.3, 0.4) is 0 Å². The first-order valence-electron chi connectivity index (χ1n) is 9.56. The maximum Gasteiger partial charge on any atom is 0.321 e. The predicted octanol–water partition coefficient (Wildman–Crippen LogP) is 3.85. The number of aryl methyl sites for hydroxylation is 2. The van der Waals surface area contributed by atoms with E-state index in [4.69, 9.17) is 4.42 Å². The number of hydrogen-bond acceptors (Lipinski definition) is 6. The summed E-state index contributed by atoms with van der Waals surface area (Å²) in [5.74, 6) is 0.487. The number of nitrogens with zero attached hydrogens (tertiary/aromatic N) is 2. The van der Waals surface area contributed by atoms with Crippen LogP contribution in [-0.2, 0) is 4.79 Å². The molecule has 2 N–H and O–H groups in total. The maximum atomic E-state index is 12.0. The summed E-state index contributed by atoms with van der Waals surface area (Å²) >= 11 is 1.11. The Bertz CT molecular complexity index is 852. The Balaban J connectivity index is 1.47. The quantitative estimate of drug-likeness (QED) is 0.737. The zero-order chi connectivity index (χ0) is 20.1. The number of rotatable bonds is 5. The lowest BCUT2D eigenvalue weighted by Crippen LogP contribution is -2.48. The first kappa shape index (κ1) is 20.4. The van der Waals surface area contributed by atoms with Gasteiger partial charge in [0.2, 0.25) is 11.8 Å². The van der Waals surface area contributed by atoms with Crippen LogP contribution in [0.1, 0.15) is 43.7 Å². The van der Waals surface area contributed by atoms with Gasteiger partial charge in [-0.3, -0.25) is 10.1 Å². The highest BCUT2D eigenvalue weighted by molar-refractivity contribution is 7.99. The molecule has 28 heavy (non-hydrogen) atoms. The second-order valence-electron chi connectivity index (χ2n) is 7.35. The molecule has 150 valence electrons. The Morgan fingerprint density at radius 3 is 2.71 bits per heavy atom. The third-order valence-electron chi connectivity index (χ3n) is 5.17. The van der Waals surface area contributed by atoms with E-state index < -0.39 is 11.9 Å². The molecule has 1 saturated carbocycles. The minimum Gasteiger partial charge on any atom is -0.411 e. The standard InChI is InChI=1S/C20H26N4O3S/c1-12-8-9-15(10-14(12)3)18-23-24-20(27-18)28-11-17(25)22-19(26)21-16-7-5-4-6-13(16)2/h8-10,13,16H,4-7,11H2,1-3H3,(H2,21,22,25,26)/t13-,16-/m0/s1. The first-order valence-corrected chi connectivity index (χ1v) is 10.5. The third kappa shape index (κ3) is 5.34. The van der Waals surface area contributed by atoms with Gasteiger partial charge in [-0.1, -0.05) is 37.6 Å². The molecular formula is C20H26N4O3S. The Labute approximate surface area is 169 Å². The van der Waals surface area contributed by atoms with Gasteiger partial charge in [0.25, 0.3) is 5.22 Å². The van der Waals surface area contributed by atoms with E-state index in [2.05, 4.69) is 27.8 Å². The van der Waals surface area contributed by atoms with Crippen molar-refractivity contribution in [1.29, 1.82) is 0 Å². The summed E-state index contributed by atoms with van der Waals surface area (Å²) in [5.41, 5.74) is 3.17. The van der Waals surface area contributed by atoms with Crippen molar-refractivity contribution < 1.29 is 14.0 Å². The SMILES string of the molecule is Cc1ccc(-c2nnc(SCC(=O)NC(=O)N[C@H]3CCCC[C@@H]3C)o2)cc1C. The molecule has 2 aromatic rings. The van der Waals surface area contributed by atoms with Gasteiger partial charge in [0, 0.05) is 11.6 Å². The molecule has 0 spiro atoms. The van der Waals surface area contributed by atoms with Gasteiger partial charge in [-0.25, -0.2) is 4.79 Å². The van der Waals surface area contributed by atoms with E-state index in [0.29, 0.717) is 17.0 Å². The summed E-state index contributed by atoms with van der Waals surface area (Å²) < 4.78 is 5.62. The third-order valence-corrected chi connectivity index (χ3v) is 5.99. The zero-order valence-corrected chi connectivity index (χ0v) is 17.3. The average molecular weight is 403 g/mol. The van der Waals surface area contributed by atoms with Crippen molar-refractivity contribution in [2.24, 2.45) is 5.92 Å². The van der Waals surface area contributed by atoms with Crippen molar-refractivity contribution in [3.63, 3.8) is 0 Å². The summed E-state index contributed by atoms with van der Waals surface area (Å²) in [6.07, 6.45) is 4.37. The molecule has 1 aliphatic carbocycles. The van der Waals surface area contributed by atoms with Crippen LogP contribution in [0.2, 0.25) is 0 Å². The van der Waals surface area contributed by atoms with Gasteiger partial charge < -0.3 is 9.73 Å². The molecule has 1 fully saturated rings. The molecular weight excluding hydrogens is 376 g/mol. The van der Waals surface area contributed by atoms with Crippen molar-refractivity contribution in [2.45, 2.75) is 57.7 Å². The number of nitrogens with one attached hydrogen (secondary N) is 2. The number of imide groups is 1. The predicted molar refractivity (Wildman–Crippen MR) is 108 cm³/mol. The molecule has 3 rings (SSSR count). The van der Waals surface area contributed by atoms with Crippen LogP contribution in [0.15, 0.2) is 27.8 Å². The number of carbonyl (C=O) groups excluding carboxylic acids is 2. The van der Waals surface area contributed by atoms with Crippen LogP contribution in [0.5, 0.6) is 0 Å². The minimum absolute atomic E-state index is 0.0300. The van der Waals surface area contributed by atoms with Gasteiger partial charge in [-0.15, -0.1) is 10.2 Å². The van der Waals surface area contributed by atoms with E-state index in [1.165, 1.54) is 12.0 Å². The second-order valence-corrected chi connectivity index (χ2v) is 8.28. The fourth-order valence-corrected chi connectivity index (χ4v) is 3.85. The van der Waals surface area contributed by atoms with Crippen LogP contribution in [0.4, 0.5) is 4.79 Å². The smallest absolute Gasteiger partial charge is 0.321 e. The van der Waals surface area contributed by atoms with Gasteiger partial charge in [-0.05, 0) is 55.9 Å². The molecule has 1 aromatic carbocycles. The number of aromatic nitrogens is 2. The molecule has 0 bridgehead atoms. The lowest BCUT2D eigenvalue weighted by atomic mass is 9.86. The minimum atomic E-state index is -0.439. The lowest BCUT2D eigenvalue weighted by molar-refractivity contribution is -0.117. The zero-order valence-electron chi connectivity index (χ0n) is 16.4. The number of urea groups is 1. The first-order chi connectivity index (χ1) is 13.4. The molecule has 3 amide bonds. The Kier molecular flexibility index (Phi) is 6.72. The van der Waals surface area contributed by atoms with Crippen molar-refractivity contribution in [3.8, 4) is 11.5 Å². The van der Waals surface area contributed by atoms with E-state index in [-0.39, 0.29) is 11.8 Å². The molecule has 1 aliphatic rings. The van der Waals surface area contributed by atoms with Gasteiger partial charge >= 0.3 is 6.03 Å². The average Bonchev–Trinajstić information content (AvgIpc) is 3.13. The van der Waals surface area contributed by atoms with E-state index in [1.807, 2.05) is 32.0 Å². The van der Waals surface area contributed by atoms with Gasteiger partial charge in [0.05, 0.1) is 5.75 Å². The Morgan fingerprint density at radius 2 is 1.96 bits per heavy atom. The van der Waals surface area contributed by atoms with Gasteiger partial charge in [0.15, 0.2) is 0 Å². The molecule has 1 aromatic heterocycles. The molecule has 0 aliphatic heterocycles. The van der Waals surface area contributed by atoms with Crippen molar-refractivity contribution in [1.82, 2.24) is 20.8 Å². The van der Waals surface area contributed by atoms with Crippen LogP contribution >= 0.6 is 11.8 Å². The Morgan fingerprint density at radius 1 is 1.18 bits per heavy atom. The molecule has 0 saturated heterocycles. The molecule has 7 nitrogen and oxygen atoms in total. The fraction of sp³-hybridized carbons (Fsp3) is 0.500. The highest BCUT2D eigenvalue weighted by Gasteiger charge is 2.23. The molecule has 2 atom stereocenters. The second kappa shape index (κ2) is 9.23. The van der Waals surface area contributed by atoms with Crippen molar-refractivity contribution >= 4 is 23.7 Å². The molecule has 1 heterocycles. The van der Waals surface area contributed by atoms with Gasteiger partial charge in [0.1, 0.15) is 0 Å². The summed E-state index contributed by atoms with van der Waals surface area (Å²) in [7, 11) is 0. The number of hydrogen-bond donors (Lipinski definition) is 2. The largest absolute Gasteiger partial charge is 0.411 e.